The molecule has 120 valence electrons. The molecule has 0 fully saturated rings. The molecule has 0 saturated carbocycles. The summed E-state index contributed by atoms with van der Waals surface area (Å²) in [5.41, 5.74) is 1.60. The lowest BCUT2D eigenvalue weighted by molar-refractivity contribution is 0.267. The summed E-state index contributed by atoms with van der Waals surface area (Å²) < 4.78 is 0. The van der Waals surface area contributed by atoms with E-state index < -0.39 is 6.10 Å². The van der Waals surface area contributed by atoms with E-state index in [0.29, 0.717) is 0 Å². The summed E-state index contributed by atoms with van der Waals surface area (Å²) in [4.78, 5) is 0. The molecule has 0 aliphatic heterocycles. The van der Waals surface area contributed by atoms with Gasteiger partial charge in [0.05, 0.1) is 6.10 Å². The second-order valence-electron chi connectivity index (χ2n) is 6.36. The van der Waals surface area contributed by atoms with E-state index in [1.54, 1.807) is 6.07 Å². The molecule has 1 unspecified atom stereocenters. The van der Waals surface area contributed by atoms with Crippen LogP contribution in [0.4, 0.5) is 0 Å². The van der Waals surface area contributed by atoms with Gasteiger partial charge in [0, 0.05) is 11.0 Å². The summed E-state index contributed by atoms with van der Waals surface area (Å²) in [5.74, 6) is 0.239. The number of rotatable bonds is 7. The molecule has 22 heavy (non-hydrogen) atoms. The van der Waals surface area contributed by atoms with Crippen LogP contribution in [0.25, 0.3) is 5.57 Å². The zero-order valence-electron chi connectivity index (χ0n) is 13.8. The van der Waals surface area contributed by atoms with Crippen LogP contribution >= 0.6 is 0 Å². The maximum absolute atomic E-state index is 10.4. The maximum atomic E-state index is 10.4. The van der Waals surface area contributed by atoms with Crippen molar-refractivity contribution in [1.82, 2.24) is 0 Å². The molecule has 0 aromatic heterocycles. The van der Waals surface area contributed by atoms with Crippen LogP contribution in [0.15, 0.2) is 42.5 Å². The molecule has 1 aliphatic carbocycles. The van der Waals surface area contributed by atoms with Gasteiger partial charge in [0.1, 0.15) is 5.75 Å². The Balaban J connectivity index is 2.38. The molecule has 1 aromatic carbocycles. The van der Waals surface area contributed by atoms with E-state index in [4.69, 9.17) is 0 Å². The minimum atomic E-state index is -0.635. The summed E-state index contributed by atoms with van der Waals surface area (Å²) in [5, 5.41) is 20.5. The quantitative estimate of drug-likeness (QED) is 0.690. The molecular formula is C20H28O2. The molecule has 0 bridgehead atoms. The molecule has 0 saturated heterocycles. The van der Waals surface area contributed by atoms with Gasteiger partial charge in [-0.2, -0.15) is 0 Å². The molecule has 2 N–H and O–H groups in total. The minimum absolute atomic E-state index is 0.0167. The van der Waals surface area contributed by atoms with Crippen LogP contribution in [0.3, 0.4) is 0 Å². The van der Waals surface area contributed by atoms with E-state index in [2.05, 4.69) is 26.0 Å². The van der Waals surface area contributed by atoms with Crippen LogP contribution in [0.5, 0.6) is 5.75 Å². The Bertz CT molecular complexity index is 534. The normalized spacial score (nSPS) is 20.0. The fraction of sp³-hybridized carbons (Fsp3) is 0.500. The zero-order chi connectivity index (χ0) is 16.0. The fourth-order valence-corrected chi connectivity index (χ4v) is 3.23. The number of hydrogen-bond acceptors (Lipinski definition) is 2. The molecule has 1 aliphatic rings. The van der Waals surface area contributed by atoms with Crippen LogP contribution in [0.1, 0.15) is 57.9 Å². The number of para-hydroxylation sites is 1. The summed E-state index contributed by atoms with van der Waals surface area (Å²) in [6.07, 6.45) is 12.5. The van der Waals surface area contributed by atoms with Crippen molar-refractivity contribution < 1.29 is 10.2 Å². The monoisotopic (exact) mass is 300 g/mol. The zero-order valence-corrected chi connectivity index (χ0v) is 13.8. The summed E-state index contributed by atoms with van der Waals surface area (Å²) in [6.45, 7) is 4.42. The van der Waals surface area contributed by atoms with Gasteiger partial charge in [0.2, 0.25) is 0 Å². The number of aliphatic hydroxyl groups excluding tert-OH is 1. The van der Waals surface area contributed by atoms with E-state index in [-0.39, 0.29) is 11.2 Å². The number of allylic oxidation sites excluding steroid dienone is 2. The maximum Gasteiger partial charge on any atom is 0.123 e. The van der Waals surface area contributed by atoms with Gasteiger partial charge < -0.3 is 10.2 Å². The Morgan fingerprint density at radius 2 is 1.68 bits per heavy atom. The van der Waals surface area contributed by atoms with Crippen molar-refractivity contribution in [2.45, 2.75) is 58.5 Å². The highest BCUT2D eigenvalue weighted by Crippen LogP contribution is 2.42. The number of aromatic hydroxyl groups is 1. The van der Waals surface area contributed by atoms with E-state index in [1.807, 2.05) is 24.3 Å². The van der Waals surface area contributed by atoms with Crippen LogP contribution in [-0.2, 0) is 0 Å². The first kappa shape index (κ1) is 16.8. The lowest BCUT2D eigenvalue weighted by Gasteiger charge is -2.33. The number of phenols is 1. The van der Waals surface area contributed by atoms with Gasteiger partial charge >= 0.3 is 0 Å². The predicted molar refractivity (Wildman–Crippen MR) is 92.7 cm³/mol. The van der Waals surface area contributed by atoms with Crippen molar-refractivity contribution in [3.63, 3.8) is 0 Å². The summed E-state index contributed by atoms with van der Waals surface area (Å²) in [6, 6.07) is 7.28. The highest BCUT2D eigenvalue weighted by Gasteiger charge is 2.30. The Morgan fingerprint density at radius 1 is 1.05 bits per heavy atom. The molecule has 0 spiro atoms. The van der Waals surface area contributed by atoms with Crippen LogP contribution in [-0.4, -0.2) is 16.3 Å². The Morgan fingerprint density at radius 3 is 2.27 bits per heavy atom. The summed E-state index contributed by atoms with van der Waals surface area (Å²) >= 11 is 0. The van der Waals surface area contributed by atoms with E-state index in [0.717, 1.165) is 24.0 Å². The molecule has 0 amide bonds. The lowest BCUT2D eigenvalue weighted by Crippen LogP contribution is -2.23. The van der Waals surface area contributed by atoms with E-state index >= 15 is 0 Å². The highest BCUT2D eigenvalue weighted by atomic mass is 16.3. The minimum Gasteiger partial charge on any atom is -0.507 e. The van der Waals surface area contributed by atoms with Gasteiger partial charge in [-0.15, -0.1) is 0 Å². The third kappa shape index (κ3) is 3.80. The van der Waals surface area contributed by atoms with Gasteiger partial charge in [-0.25, -0.2) is 0 Å². The number of aliphatic hydroxyl groups is 1. The van der Waals surface area contributed by atoms with Gasteiger partial charge in [0.25, 0.3) is 0 Å². The molecule has 0 heterocycles. The number of unbranched alkanes of at least 4 members (excludes halogenated alkanes) is 2. The van der Waals surface area contributed by atoms with Gasteiger partial charge in [-0.1, -0.05) is 76.0 Å². The Labute approximate surface area is 134 Å². The topological polar surface area (TPSA) is 40.5 Å². The van der Waals surface area contributed by atoms with Crippen molar-refractivity contribution in [3.05, 3.63) is 48.1 Å². The average Bonchev–Trinajstić information content (AvgIpc) is 2.54. The van der Waals surface area contributed by atoms with Crippen LogP contribution < -0.4 is 0 Å². The Kier molecular flexibility index (Phi) is 5.84. The van der Waals surface area contributed by atoms with Crippen molar-refractivity contribution in [3.8, 4) is 5.75 Å². The number of hydrogen-bond donors (Lipinski definition) is 2. The predicted octanol–water partition coefficient (Wildman–Crippen LogP) is 5.07. The second-order valence-corrected chi connectivity index (χ2v) is 6.36. The standard InChI is InChI=1S/C20H28O2/c1-3-5-12-20(13-6-4-2)14-11-19(22)17(15-20)16-9-7-8-10-18(16)21/h7-11,14-15,19,21-22H,3-6,12-13H2,1-2H3. The molecule has 0 radical (unpaired) electrons. The first-order valence-corrected chi connectivity index (χ1v) is 8.50. The van der Waals surface area contributed by atoms with Gasteiger partial charge in [-0.3, -0.25) is 0 Å². The van der Waals surface area contributed by atoms with Crippen LogP contribution in [0, 0.1) is 5.41 Å². The summed E-state index contributed by atoms with van der Waals surface area (Å²) in [7, 11) is 0. The fourth-order valence-electron chi connectivity index (χ4n) is 3.23. The van der Waals surface area contributed by atoms with Crippen molar-refractivity contribution in [1.29, 1.82) is 0 Å². The lowest BCUT2D eigenvalue weighted by atomic mass is 9.72. The molecule has 2 heteroatoms. The third-order valence-corrected chi connectivity index (χ3v) is 4.58. The number of benzene rings is 1. The first-order chi connectivity index (χ1) is 10.6. The Hall–Kier alpha value is -1.54. The molecule has 2 nitrogen and oxygen atoms in total. The molecule has 2 rings (SSSR count). The van der Waals surface area contributed by atoms with E-state index in [9.17, 15) is 10.2 Å². The van der Waals surface area contributed by atoms with Gasteiger partial charge in [0.15, 0.2) is 0 Å². The van der Waals surface area contributed by atoms with Crippen molar-refractivity contribution in [2.75, 3.05) is 0 Å². The average molecular weight is 300 g/mol. The molecule has 1 aromatic rings. The smallest absolute Gasteiger partial charge is 0.123 e. The third-order valence-electron chi connectivity index (χ3n) is 4.58. The largest absolute Gasteiger partial charge is 0.507 e. The number of phenolic OH excluding ortho intramolecular Hbond substituents is 1. The SMILES string of the molecule is CCCCC1(CCCC)C=CC(O)C(c2ccccc2O)=C1. The van der Waals surface area contributed by atoms with Crippen molar-refractivity contribution >= 4 is 5.57 Å². The molecule has 1 atom stereocenters. The van der Waals surface area contributed by atoms with E-state index in [1.165, 1.54) is 25.7 Å². The first-order valence-electron chi connectivity index (χ1n) is 8.50. The van der Waals surface area contributed by atoms with Gasteiger partial charge in [-0.05, 0) is 24.5 Å². The second kappa shape index (κ2) is 7.64. The molecular weight excluding hydrogens is 272 g/mol. The van der Waals surface area contributed by atoms with Crippen LogP contribution in [0.2, 0.25) is 0 Å². The highest BCUT2D eigenvalue weighted by molar-refractivity contribution is 5.76. The van der Waals surface area contributed by atoms with Crippen molar-refractivity contribution in [2.24, 2.45) is 5.41 Å².